The Balaban J connectivity index is 1.65. The molecule has 1 fully saturated rings. The summed E-state index contributed by atoms with van der Waals surface area (Å²) >= 11 is 3.40. The summed E-state index contributed by atoms with van der Waals surface area (Å²) in [7, 11) is 2.02. The molecular weight excluding hydrogens is 306 g/mol. The third-order valence-electron chi connectivity index (χ3n) is 3.41. The van der Waals surface area contributed by atoms with Gasteiger partial charge in [-0.3, -0.25) is 0 Å². The number of rotatable bonds is 8. The van der Waals surface area contributed by atoms with Gasteiger partial charge in [0.25, 0.3) is 0 Å². The minimum Gasteiger partial charge on any atom is -0.387 e. The fraction of sp³-hybridized carbons (Fsp3) is 0.600. The van der Waals surface area contributed by atoms with Gasteiger partial charge in [-0.1, -0.05) is 28.1 Å². The highest BCUT2D eigenvalue weighted by atomic mass is 79.9. The van der Waals surface area contributed by atoms with E-state index in [4.69, 9.17) is 4.74 Å². The Morgan fingerprint density at radius 1 is 1.37 bits per heavy atom. The number of likely N-dealkylation sites (N-methyl/N-ethyl adjacent to an activating group) is 1. The number of aliphatic hydroxyl groups is 1. The van der Waals surface area contributed by atoms with Gasteiger partial charge in [0.1, 0.15) is 0 Å². The van der Waals surface area contributed by atoms with Gasteiger partial charge in [0.05, 0.1) is 12.7 Å². The van der Waals surface area contributed by atoms with Gasteiger partial charge in [-0.2, -0.15) is 0 Å². The zero-order valence-electron chi connectivity index (χ0n) is 11.4. The molecule has 106 valence electrons. The van der Waals surface area contributed by atoms with Crippen LogP contribution in [0.2, 0.25) is 0 Å². The Bertz CT molecular complexity index is 378. The molecular formula is C15H22BrNO2. The zero-order valence-corrected chi connectivity index (χ0v) is 13.0. The molecule has 19 heavy (non-hydrogen) atoms. The number of ether oxygens (including phenoxy) is 1. The molecule has 0 aliphatic heterocycles. The number of hydrogen-bond acceptors (Lipinski definition) is 3. The van der Waals surface area contributed by atoms with Crippen LogP contribution in [0.3, 0.4) is 0 Å². The first kappa shape index (κ1) is 15.0. The third kappa shape index (κ3) is 5.61. The second-order valence-corrected chi connectivity index (χ2v) is 6.26. The van der Waals surface area contributed by atoms with Crippen LogP contribution in [0, 0.1) is 5.92 Å². The van der Waals surface area contributed by atoms with E-state index in [9.17, 15) is 5.11 Å². The first-order chi connectivity index (χ1) is 9.15. The lowest BCUT2D eigenvalue weighted by Crippen LogP contribution is -2.28. The molecule has 0 radical (unpaired) electrons. The van der Waals surface area contributed by atoms with Crippen LogP contribution in [0.5, 0.6) is 0 Å². The number of nitrogens with zero attached hydrogens (tertiary/aromatic N) is 1. The highest BCUT2D eigenvalue weighted by molar-refractivity contribution is 9.10. The Labute approximate surface area is 123 Å². The second-order valence-electron chi connectivity index (χ2n) is 5.35. The molecule has 0 spiro atoms. The minimum atomic E-state index is -0.443. The van der Waals surface area contributed by atoms with Crippen molar-refractivity contribution >= 4 is 15.9 Å². The number of benzene rings is 1. The van der Waals surface area contributed by atoms with E-state index in [1.165, 1.54) is 12.8 Å². The molecule has 1 saturated carbocycles. The quantitative estimate of drug-likeness (QED) is 0.745. The summed E-state index contributed by atoms with van der Waals surface area (Å²) in [6.07, 6.45) is 2.22. The summed E-state index contributed by atoms with van der Waals surface area (Å²) in [5, 5.41) is 10.1. The van der Waals surface area contributed by atoms with E-state index in [2.05, 4.69) is 20.8 Å². The maximum absolute atomic E-state index is 10.1. The van der Waals surface area contributed by atoms with Gasteiger partial charge >= 0.3 is 0 Å². The van der Waals surface area contributed by atoms with Gasteiger partial charge < -0.3 is 14.7 Å². The van der Waals surface area contributed by atoms with Gasteiger partial charge in [0.15, 0.2) is 0 Å². The van der Waals surface area contributed by atoms with Gasteiger partial charge in [0, 0.05) is 24.2 Å². The molecule has 0 amide bonds. The summed E-state index contributed by atoms with van der Waals surface area (Å²) in [5.74, 6) is 0.818. The largest absolute Gasteiger partial charge is 0.387 e. The average molecular weight is 328 g/mol. The summed E-state index contributed by atoms with van der Waals surface area (Å²) in [4.78, 5) is 2.11. The van der Waals surface area contributed by atoms with E-state index >= 15 is 0 Å². The molecule has 1 aliphatic rings. The van der Waals surface area contributed by atoms with Gasteiger partial charge in [-0.15, -0.1) is 0 Å². The summed E-state index contributed by atoms with van der Waals surface area (Å²) in [6, 6.07) is 7.81. The Kier molecular flexibility index (Phi) is 5.82. The predicted octanol–water partition coefficient (Wildman–Crippen LogP) is 2.84. The molecule has 1 unspecified atom stereocenters. The highest BCUT2D eigenvalue weighted by Gasteiger charge is 2.21. The van der Waals surface area contributed by atoms with Gasteiger partial charge in [-0.05, 0) is 43.5 Å². The SMILES string of the molecule is CN(CCOCC1CC1)CC(O)c1ccc(Br)cc1. The van der Waals surface area contributed by atoms with Crippen molar-refractivity contribution in [3.8, 4) is 0 Å². The van der Waals surface area contributed by atoms with Crippen molar-refractivity contribution in [2.75, 3.05) is 33.4 Å². The number of halogens is 1. The van der Waals surface area contributed by atoms with Crippen molar-refractivity contribution in [2.24, 2.45) is 5.92 Å². The van der Waals surface area contributed by atoms with Gasteiger partial charge in [-0.25, -0.2) is 0 Å². The molecule has 1 aromatic rings. The fourth-order valence-electron chi connectivity index (χ4n) is 1.93. The van der Waals surface area contributed by atoms with Crippen molar-refractivity contribution < 1.29 is 9.84 Å². The molecule has 1 N–H and O–H groups in total. The number of hydrogen-bond donors (Lipinski definition) is 1. The minimum absolute atomic E-state index is 0.443. The lowest BCUT2D eigenvalue weighted by Gasteiger charge is -2.20. The summed E-state index contributed by atoms with van der Waals surface area (Å²) < 4.78 is 6.63. The monoisotopic (exact) mass is 327 g/mol. The Hall–Kier alpha value is -0.420. The average Bonchev–Trinajstić information content (AvgIpc) is 3.19. The van der Waals surface area contributed by atoms with Crippen LogP contribution in [0.1, 0.15) is 24.5 Å². The molecule has 0 heterocycles. The first-order valence-corrected chi connectivity index (χ1v) is 7.64. The molecule has 0 aromatic heterocycles. The van der Waals surface area contributed by atoms with E-state index < -0.39 is 6.10 Å². The molecule has 0 saturated heterocycles. The van der Waals surface area contributed by atoms with Crippen LogP contribution in [-0.2, 0) is 4.74 Å². The van der Waals surface area contributed by atoms with Crippen LogP contribution in [-0.4, -0.2) is 43.4 Å². The van der Waals surface area contributed by atoms with E-state index in [1.54, 1.807) is 0 Å². The molecule has 1 aliphatic carbocycles. The van der Waals surface area contributed by atoms with E-state index in [-0.39, 0.29) is 0 Å². The summed E-state index contributed by atoms with van der Waals surface area (Å²) in [6.45, 7) is 3.15. The molecule has 1 aromatic carbocycles. The predicted molar refractivity (Wildman–Crippen MR) is 80.1 cm³/mol. The van der Waals surface area contributed by atoms with E-state index in [0.29, 0.717) is 6.54 Å². The Morgan fingerprint density at radius 3 is 2.68 bits per heavy atom. The topological polar surface area (TPSA) is 32.7 Å². The van der Waals surface area contributed by atoms with Crippen LogP contribution in [0.4, 0.5) is 0 Å². The van der Waals surface area contributed by atoms with Crippen molar-refractivity contribution in [1.82, 2.24) is 4.90 Å². The zero-order chi connectivity index (χ0) is 13.7. The Morgan fingerprint density at radius 2 is 2.05 bits per heavy atom. The standard InChI is InChI=1S/C15H22BrNO2/c1-17(8-9-19-11-12-2-3-12)10-15(18)13-4-6-14(16)7-5-13/h4-7,12,15,18H,2-3,8-11H2,1H3. The number of aliphatic hydroxyl groups excluding tert-OH is 1. The van der Waals surface area contributed by atoms with E-state index in [0.717, 1.165) is 35.7 Å². The summed E-state index contributed by atoms with van der Waals surface area (Å²) in [5.41, 5.74) is 0.953. The van der Waals surface area contributed by atoms with Crippen LogP contribution < -0.4 is 0 Å². The van der Waals surface area contributed by atoms with Crippen LogP contribution in [0.15, 0.2) is 28.7 Å². The van der Waals surface area contributed by atoms with Crippen LogP contribution in [0.25, 0.3) is 0 Å². The first-order valence-electron chi connectivity index (χ1n) is 6.85. The molecule has 2 rings (SSSR count). The maximum Gasteiger partial charge on any atom is 0.0916 e. The third-order valence-corrected chi connectivity index (χ3v) is 3.94. The smallest absolute Gasteiger partial charge is 0.0916 e. The maximum atomic E-state index is 10.1. The highest BCUT2D eigenvalue weighted by Crippen LogP contribution is 2.28. The normalized spacial score (nSPS) is 16.8. The van der Waals surface area contributed by atoms with Crippen molar-refractivity contribution in [1.29, 1.82) is 0 Å². The molecule has 4 heteroatoms. The van der Waals surface area contributed by atoms with Crippen molar-refractivity contribution in [2.45, 2.75) is 18.9 Å². The lowest BCUT2D eigenvalue weighted by molar-refractivity contribution is 0.0794. The van der Waals surface area contributed by atoms with Gasteiger partial charge in [0.2, 0.25) is 0 Å². The molecule has 3 nitrogen and oxygen atoms in total. The van der Waals surface area contributed by atoms with Crippen molar-refractivity contribution in [3.63, 3.8) is 0 Å². The fourth-order valence-corrected chi connectivity index (χ4v) is 2.20. The molecule has 0 bridgehead atoms. The second kappa shape index (κ2) is 7.39. The lowest BCUT2D eigenvalue weighted by atomic mass is 10.1. The van der Waals surface area contributed by atoms with Crippen LogP contribution >= 0.6 is 15.9 Å². The van der Waals surface area contributed by atoms with Crippen molar-refractivity contribution in [3.05, 3.63) is 34.3 Å². The molecule has 1 atom stereocenters. The van der Waals surface area contributed by atoms with E-state index in [1.807, 2.05) is 31.3 Å².